The van der Waals surface area contributed by atoms with Crippen LogP contribution in [0.3, 0.4) is 0 Å². The van der Waals surface area contributed by atoms with Crippen molar-refractivity contribution in [2.75, 3.05) is 0 Å². The number of hydrogen-bond acceptors (Lipinski definition) is 2. The van der Waals surface area contributed by atoms with Gasteiger partial charge in [0, 0.05) is 6.04 Å². The first-order valence-corrected chi connectivity index (χ1v) is 5.26. The molecular formula is C12H19ClN2O. The van der Waals surface area contributed by atoms with Gasteiger partial charge in [-0.05, 0) is 18.9 Å². The van der Waals surface area contributed by atoms with Gasteiger partial charge in [0.2, 0.25) is 5.91 Å². The van der Waals surface area contributed by atoms with E-state index < -0.39 is 6.04 Å². The monoisotopic (exact) mass is 242 g/mol. The molecule has 1 aromatic rings. The average Bonchev–Trinajstić information content (AvgIpc) is 2.29. The molecule has 2 atom stereocenters. The van der Waals surface area contributed by atoms with Crippen LogP contribution < -0.4 is 11.1 Å². The molecule has 1 rings (SSSR count). The fourth-order valence-electron chi connectivity index (χ4n) is 1.25. The van der Waals surface area contributed by atoms with Crippen LogP contribution in [0.1, 0.15) is 31.9 Å². The zero-order valence-electron chi connectivity index (χ0n) is 9.64. The van der Waals surface area contributed by atoms with Crippen molar-refractivity contribution in [1.82, 2.24) is 5.32 Å². The average molecular weight is 243 g/mol. The van der Waals surface area contributed by atoms with Crippen LogP contribution in [-0.2, 0) is 4.79 Å². The molecule has 16 heavy (non-hydrogen) atoms. The number of nitrogens with two attached hydrogens (primary N) is 1. The molecule has 0 bridgehead atoms. The summed E-state index contributed by atoms with van der Waals surface area (Å²) in [6.45, 7) is 3.99. The second kappa shape index (κ2) is 7.25. The normalized spacial score (nSPS) is 13.4. The van der Waals surface area contributed by atoms with Crippen LogP contribution in [0.2, 0.25) is 0 Å². The highest BCUT2D eigenvalue weighted by Crippen LogP contribution is 2.09. The molecule has 0 heterocycles. The van der Waals surface area contributed by atoms with E-state index in [0.29, 0.717) is 0 Å². The van der Waals surface area contributed by atoms with Gasteiger partial charge >= 0.3 is 0 Å². The molecule has 90 valence electrons. The molecule has 4 heteroatoms. The molecule has 3 N–H and O–H groups in total. The van der Waals surface area contributed by atoms with Crippen molar-refractivity contribution in [3.8, 4) is 0 Å². The molecule has 0 aliphatic heterocycles. The minimum atomic E-state index is -0.569. The summed E-state index contributed by atoms with van der Waals surface area (Å²) in [5, 5.41) is 2.86. The molecule has 0 radical (unpaired) electrons. The molecule has 3 nitrogen and oxygen atoms in total. The van der Waals surface area contributed by atoms with Gasteiger partial charge in [-0.3, -0.25) is 4.79 Å². The summed E-state index contributed by atoms with van der Waals surface area (Å²) < 4.78 is 0. The number of benzene rings is 1. The summed E-state index contributed by atoms with van der Waals surface area (Å²) in [6, 6.07) is 8.99. The maximum absolute atomic E-state index is 11.7. The van der Waals surface area contributed by atoms with Crippen molar-refractivity contribution in [3.63, 3.8) is 0 Å². The van der Waals surface area contributed by atoms with Crippen LogP contribution in [-0.4, -0.2) is 11.9 Å². The second-order valence-corrected chi connectivity index (χ2v) is 3.71. The SMILES string of the molecule is CCC(C)NC(=O)C(N)c1ccccc1.Cl. The van der Waals surface area contributed by atoms with E-state index in [1.807, 2.05) is 44.2 Å². The number of amides is 1. The van der Waals surface area contributed by atoms with Crippen molar-refractivity contribution >= 4 is 18.3 Å². The Morgan fingerprint density at radius 2 is 1.94 bits per heavy atom. The third kappa shape index (κ3) is 4.21. The van der Waals surface area contributed by atoms with Crippen molar-refractivity contribution in [2.24, 2.45) is 5.73 Å². The predicted molar refractivity (Wildman–Crippen MR) is 68.5 cm³/mol. The highest BCUT2D eigenvalue weighted by Gasteiger charge is 2.16. The largest absolute Gasteiger partial charge is 0.352 e. The first-order valence-electron chi connectivity index (χ1n) is 5.26. The van der Waals surface area contributed by atoms with Crippen LogP contribution in [0.5, 0.6) is 0 Å². The molecule has 2 unspecified atom stereocenters. The van der Waals surface area contributed by atoms with E-state index in [0.717, 1.165) is 12.0 Å². The summed E-state index contributed by atoms with van der Waals surface area (Å²) in [6.07, 6.45) is 0.910. The van der Waals surface area contributed by atoms with Crippen LogP contribution in [0, 0.1) is 0 Å². The van der Waals surface area contributed by atoms with E-state index >= 15 is 0 Å². The maximum atomic E-state index is 11.7. The van der Waals surface area contributed by atoms with E-state index in [4.69, 9.17) is 5.73 Å². The summed E-state index contributed by atoms with van der Waals surface area (Å²) >= 11 is 0. The Morgan fingerprint density at radius 1 is 1.38 bits per heavy atom. The fourth-order valence-corrected chi connectivity index (χ4v) is 1.25. The Hall–Kier alpha value is -1.06. The molecule has 0 saturated heterocycles. The molecule has 0 spiro atoms. The minimum absolute atomic E-state index is 0. The standard InChI is InChI=1S/C12H18N2O.ClH/c1-3-9(2)14-12(15)11(13)10-7-5-4-6-8-10;/h4-9,11H,3,13H2,1-2H3,(H,14,15);1H. The second-order valence-electron chi connectivity index (χ2n) is 3.71. The third-order valence-corrected chi connectivity index (χ3v) is 2.44. The fraction of sp³-hybridized carbons (Fsp3) is 0.417. The number of carbonyl (C=O) groups is 1. The van der Waals surface area contributed by atoms with Gasteiger partial charge in [-0.15, -0.1) is 12.4 Å². The number of halogens is 1. The van der Waals surface area contributed by atoms with E-state index in [2.05, 4.69) is 5.32 Å². The lowest BCUT2D eigenvalue weighted by Gasteiger charge is -2.16. The van der Waals surface area contributed by atoms with Crippen molar-refractivity contribution in [2.45, 2.75) is 32.4 Å². The van der Waals surface area contributed by atoms with Crippen molar-refractivity contribution < 1.29 is 4.79 Å². The lowest BCUT2D eigenvalue weighted by atomic mass is 10.1. The van der Waals surface area contributed by atoms with Crippen molar-refractivity contribution in [3.05, 3.63) is 35.9 Å². The van der Waals surface area contributed by atoms with Gasteiger partial charge in [-0.2, -0.15) is 0 Å². The number of carbonyl (C=O) groups excluding carboxylic acids is 1. The highest BCUT2D eigenvalue weighted by atomic mass is 35.5. The molecular weight excluding hydrogens is 224 g/mol. The lowest BCUT2D eigenvalue weighted by molar-refractivity contribution is -0.123. The highest BCUT2D eigenvalue weighted by molar-refractivity contribution is 5.85. The van der Waals surface area contributed by atoms with E-state index in [9.17, 15) is 4.79 Å². The maximum Gasteiger partial charge on any atom is 0.241 e. The number of nitrogens with one attached hydrogen (secondary N) is 1. The summed E-state index contributed by atoms with van der Waals surface area (Å²) in [5.41, 5.74) is 6.68. The van der Waals surface area contributed by atoms with Crippen LogP contribution in [0.15, 0.2) is 30.3 Å². The first kappa shape index (κ1) is 14.9. The predicted octanol–water partition coefficient (Wildman–Crippen LogP) is 2.02. The Bertz CT molecular complexity index is 316. The van der Waals surface area contributed by atoms with Crippen molar-refractivity contribution in [1.29, 1.82) is 0 Å². The lowest BCUT2D eigenvalue weighted by Crippen LogP contribution is -2.39. The van der Waals surface area contributed by atoms with Crippen LogP contribution in [0.4, 0.5) is 0 Å². The van der Waals surface area contributed by atoms with Gasteiger partial charge in [-0.25, -0.2) is 0 Å². The summed E-state index contributed by atoms with van der Waals surface area (Å²) in [5.74, 6) is -0.115. The molecule has 0 saturated carbocycles. The topological polar surface area (TPSA) is 55.1 Å². The Kier molecular flexibility index (Phi) is 6.77. The summed E-state index contributed by atoms with van der Waals surface area (Å²) in [7, 11) is 0. The smallest absolute Gasteiger partial charge is 0.241 e. The number of rotatable bonds is 4. The summed E-state index contributed by atoms with van der Waals surface area (Å²) in [4.78, 5) is 11.7. The zero-order valence-corrected chi connectivity index (χ0v) is 10.5. The molecule has 0 aliphatic carbocycles. The van der Waals surface area contributed by atoms with Gasteiger partial charge in [0.15, 0.2) is 0 Å². The van der Waals surface area contributed by atoms with E-state index in [1.165, 1.54) is 0 Å². The Morgan fingerprint density at radius 3 is 2.44 bits per heavy atom. The van der Waals surface area contributed by atoms with Gasteiger partial charge in [-0.1, -0.05) is 37.3 Å². The Balaban J connectivity index is 0.00000225. The van der Waals surface area contributed by atoms with E-state index in [1.54, 1.807) is 0 Å². The minimum Gasteiger partial charge on any atom is -0.352 e. The quantitative estimate of drug-likeness (QED) is 0.849. The molecule has 1 amide bonds. The van der Waals surface area contributed by atoms with E-state index in [-0.39, 0.29) is 24.4 Å². The van der Waals surface area contributed by atoms with Crippen LogP contribution >= 0.6 is 12.4 Å². The first-order chi connectivity index (χ1) is 7.15. The van der Waals surface area contributed by atoms with Gasteiger partial charge in [0.25, 0.3) is 0 Å². The Labute approximate surface area is 103 Å². The molecule has 1 aromatic carbocycles. The zero-order chi connectivity index (χ0) is 11.3. The van der Waals surface area contributed by atoms with Crippen LogP contribution in [0.25, 0.3) is 0 Å². The molecule has 0 fully saturated rings. The van der Waals surface area contributed by atoms with Gasteiger partial charge in [0.1, 0.15) is 6.04 Å². The number of hydrogen-bond donors (Lipinski definition) is 2. The third-order valence-electron chi connectivity index (χ3n) is 2.44. The molecule has 0 aliphatic rings. The van der Waals surface area contributed by atoms with Gasteiger partial charge in [0.05, 0.1) is 0 Å². The molecule has 0 aromatic heterocycles. The van der Waals surface area contributed by atoms with Gasteiger partial charge < -0.3 is 11.1 Å².